The first kappa shape index (κ1) is 14.0. The van der Waals surface area contributed by atoms with E-state index in [4.69, 9.17) is 5.11 Å². The van der Waals surface area contributed by atoms with Crippen molar-refractivity contribution < 1.29 is 5.11 Å². The van der Waals surface area contributed by atoms with E-state index in [1.54, 1.807) is 0 Å². The summed E-state index contributed by atoms with van der Waals surface area (Å²) in [7, 11) is 4.05. The minimum Gasteiger partial charge on any atom is -0.395 e. The Kier molecular flexibility index (Phi) is 4.55. The van der Waals surface area contributed by atoms with Gasteiger partial charge >= 0.3 is 0 Å². The number of aliphatic hydroxyl groups is 1. The van der Waals surface area contributed by atoms with Crippen molar-refractivity contribution in [1.29, 1.82) is 0 Å². The van der Waals surface area contributed by atoms with Crippen molar-refractivity contribution in [2.75, 3.05) is 50.6 Å². The topological polar surface area (TPSA) is 64.5 Å². The Labute approximate surface area is 114 Å². The Morgan fingerprint density at radius 2 is 2.32 bits per heavy atom. The second-order valence-corrected chi connectivity index (χ2v) is 5.20. The van der Waals surface area contributed by atoms with Gasteiger partial charge in [0.15, 0.2) is 0 Å². The van der Waals surface area contributed by atoms with Crippen LogP contribution in [-0.4, -0.2) is 66.4 Å². The van der Waals surface area contributed by atoms with Gasteiger partial charge < -0.3 is 20.2 Å². The van der Waals surface area contributed by atoms with E-state index in [0.29, 0.717) is 12.6 Å². The number of likely N-dealkylation sites (N-methyl/N-ethyl adjacent to an activating group) is 2. The fourth-order valence-electron chi connectivity index (χ4n) is 2.35. The van der Waals surface area contributed by atoms with Crippen molar-refractivity contribution in [2.45, 2.75) is 19.4 Å². The van der Waals surface area contributed by atoms with Crippen LogP contribution in [0.25, 0.3) is 0 Å². The Morgan fingerprint density at radius 3 is 2.95 bits per heavy atom. The zero-order valence-electron chi connectivity index (χ0n) is 11.9. The molecule has 0 spiro atoms. The molecule has 2 N–H and O–H groups in total. The van der Waals surface area contributed by atoms with Crippen LogP contribution >= 0.6 is 0 Å². The van der Waals surface area contributed by atoms with Gasteiger partial charge in [0.1, 0.15) is 17.5 Å². The van der Waals surface area contributed by atoms with Crippen LogP contribution in [0.15, 0.2) is 6.07 Å². The molecule has 1 aliphatic rings. The van der Waals surface area contributed by atoms with Crippen LogP contribution in [0.2, 0.25) is 0 Å². The molecule has 0 bridgehead atoms. The van der Waals surface area contributed by atoms with Crippen molar-refractivity contribution >= 4 is 11.6 Å². The van der Waals surface area contributed by atoms with Gasteiger partial charge in [0.2, 0.25) is 0 Å². The molecule has 1 unspecified atom stereocenters. The maximum Gasteiger partial charge on any atom is 0.134 e. The van der Waals surface area contributed by atoms with E-state index < -0.39 is 0 Å². The number of likely N-dealkylation sites (tertiary alicyclic amines) is 1. The number of aromatic nitrogens is 2. The molecule has 2 rings (SSSR count). The summed E-state index contributed by atoms with van der Waals surface area (Å²) in [5, 5.41) is 12.5. The Morgan fingerprint density at radius 1 is 1.53 bits per heavy atom. The van der Waals surface area contributed by atoms with E-state index in [0.717, 1.165) is 37.0 Å². The molecule has 1 saturated heterocycles. The van der Waals surface area contributed by atoms with Gasteiger partial charge in [0.25, 0.3) is 0 Å². The lowest BCUT2D eigenvalue weighted by Crippen LogP contribution is -2.26. The zero-order valence-corrected chi connectivity index (χ0v) is 11.9. The van der Waals surface area contributed by atoms with E-state index in [9.17, 15) is 0 Å². The number of aryl methyl sites for hydroxylation is 1. The van der Waals surface area contributed by atoms with Crippen molar-refractivity contribution in [2.24, 2.45) is 0 Å². The number of nitrogens with one attached hydrogen (secondary N) is 1. The molecule has 106 valence electrons. The summed E-state index contributed by atoms with van der Waals surface area (Å²) in [6.45, 7) is 4.75. The summed E-state index contributed by atoms with van der Waals surface area (Å²) in [4.78, 5) is 13.1. The van der Waals surface area contributed by atoms with Crippen LogP contribution in [0.4, 0.5) is 11.6 Å². The average Bonchev–Trinajstić information content (AvgIpc) is 2.74. The van der Waals surface area contributed by atoms with Gasteiger partial charge in [0.05, 0.1) is 6.61 Å². The first-order valence-corrected chi connectivity index (χ1v) is 6.71. The lowest BCUT2D eigenvalue weighted by Gasteiger charge is -2.19. The normalized spacial score (nSPS) is 19.7. The zero-order chi connectivity index (χ0) is 13.8. The molecular formula is C13H23N5O. The quantitative estimate of drug-likeness (QED) is 0.800. The predicted molar refractivity (Wildman–Crippen MR) is 76.6 cm³/mol. The van der Waals surface area contributed by atoms with Gasteiger partial charge in [-0.2, -0.15) is 0 Å². The maximum absolute atomic E-state index is 8.99. The summed E-state index contributed by atoms with van der Waals surface area (Å²) in [6.07, 6.45) is 1.14. The SMILES string of the molecule is Cc1nc(NC2CCN(C)C2)cc(N(C)CCO)n1. The summed E-state index contributed by atoms with van der Waals surface area (Å²) >= 11 is 0. The van der Waals surface area contributed by atoms with Crippen LogP contribution in [0.5, 0.6) is 0 Å². The number of hydrogen-bond acceptors (Lipinski definition) is 6. The lowest BCUT2D eigenvalue weighted by atomic mass is 10.2. The monoisotopic (exact) mass is 265 g/mol. The highest BCUT2D eigenvalue weighted by atomic mass is 16.3. The number of hydrogen-bond donors (Lipinski definition) is 2. The highest BCUT2D eigenvalue weighted by Crippen LogP contribution is 2.17. The van der Waals surface area contributed by atoms with Gasteiger partial charge in [-0.15, -0.1) is 0 Å². The van der Waals surface area contributed by atoms with Crippen molar-refractivity contribution in [3.8, 4) is 0 Å². The minimum absolute atomic E-state index is 0.121. The lowest BCUT2D eigenvalue weighted by molar-refractivity contribution is 0.304. The van der Waals surface area contributed by atoms with E-state index in [2.05, 4.69) is 27.2 Å². The molecule has 19 heavy (non-hydrogen) atoms. The van der Waals surface area contributed by atoms with E-state index >= 15 is 0 Å². The highest BCUT2D eigenvalue weighted by molar-refractivity contribution is 5.49. The van der Waals surface area contributed by atoms with Crippen molar-refractivity contribution in [3.05, 3.63) is 11.9 Å². The highest BCUT2D eigenvalue weighted by Gasteiger charge is 2.19. The molecule has 6 nitrogen and oxygen atoms in total. The first-order chi connectivity index (χ1) is 9.08. The number of rotatable bonds is 5. The van der Waals surface area contributed by atoms with E-state index in [1.165, 1.54) is 0 Å². The van der Waals surface area contributed by atoms with Gasteiger partial charge in [-0.3, -0.25) is 0 Å². The van der Waals surface area contributed by atoms with Crippen LogP contribution in [-0.2, 0) is 0 Å². The molecule has 1 aliphatic heterocycles. The Hall–Kier alpha value is -1.40. The second-order valence-electron chi connectivity index (χ2n) is 5.20. The van der Waals surface area contributed by atoms with Crippen LogP contribution in [0, 0.1) is 6.92 Å². The molecule has 1 atom stereocenters. The average molecular weight is 265 g/mol. The molecular weight excluding hydrogens is 242 g/mol. The fraction of sp³-hybridized carbons (Fsp3) is 0.692. The van der Waals surface area contributed by atoms with Crippen LogP contribution in [0.1, 0.15) is 12.2 Å². The molecule has 1 aromatic heterocycles. The summed E-state index contributed by atoms with van der Waals surface area (Å²) < 4.78 is 0. The number of anilines is 2. The third-order valence-electron chi connectivity index (χ3n) is 3.39. The molecule has 1 aromatic rings. The molecule has 1 fully saturated rings. The fourth-order valence-corrected chi connectivity index (χ4v) is 2.35. The van der Waals surface area contributed by atoms with Gasteiger partial charge in [-0.1, -0.05) is 0 Å². The summed E-state index contributed by atoms with van der Waals surface area (Å²) in [5.74, 6) is 2.46. The maximum atomic E-state index is 8.99. The third kappa shape index (κ3) is 3.78. The predicted octanol–water partition coefficient (Wildman–Crippen LogP) is 0.330. The number of nitrogens with zero attached hydrogens (tertiary/aromatic N) is 4. The minimum atomic E-state index is 0.121. The Balaban J connectivity index is 2.08. The van der Waals surface area contributed by atoms with Gasteiger partial charge in [-0.05, 0) is 26.9 Å². The smallest absolute Gasteiger partial charge is 0.134 e. The largest absolute Gasteiger partial charge is 0.395 e. The molecule has 0 amide bonds. The molecule has 0 aromatic carbocycles. The molecule has 0 aliphatic carbocycles. The third-order valence-corrected chi connectivity index (χ3v) is 3.39. The standard InChI is InChI=1S/C13H23N5O/c1-10-14-12(16-11-4-5-17(2)9-11)8-13(15-10)18(3)6-7-19/h8,11,19H,4-7,9H2,1-3H3,(H,14,15,16). The van der Waals surface area contributed by atoms with Gasteiger partial charge in [0, 0.05) is 32.2 Å². The second kappa shape index (κ2) is 6.16. The molecule has 0 saturated carbocycles. The molecule has 6 heteroatoms. The Bertz CT molecular complexity index is 425. The number of aliphatic hydroxyl groups excluding tert-OH is 1. The summed E-state index contributed by atoms with van der Waals surface area (Å²) in [6, 6.07) is 2.40. The van der Waals surface area contributed by atoms with Crippen molar-refractivity contribution in [3.63, 3.8) is 0 Å². The van der Waals surface area contributed by atoms with Crippen LogP contribution in [0.3, 0.4) is 0 Å². The molecule has 0 radical (unpaired) electrons. The van der Waals surface area contributed by atoms with Gasteiger partial charge in [-0.25, -0.2) is 9.97 Å². The van der Waals surface area contributed by atoms with Crippen molar-refractivity contribution in [1.82, 2.24) is 14.9 Å². The molecule has 2 heterocycles. The first-order valence-electron chi connectivity index (χ1n) is 6.71. The van der Waals surface area contributed by atoms with Crippen LogP contribution < -0.4 is 10.2 Å². The van der Waals surface area contributed by atoms with E-state index in [-0.39, 0.29) is 6.61 Å². The van der Waals surface area contributed by atoms with E-state index in [1.807, 2.05) is 24.9 Å². The summed E-state index contributed by atoms with van der Waals surface area (Å²) in [5.41, 5.74) is 0.